The number of nitrogens with one attached hydrogen (secondary N) is 1. The van der Waals surface area contributed by atoms with Crippen molar-refractivity contribution in [1.82, 2.24) is 9.55 Å². The maximum atomic E-state index is 13.3. The molecule has 0 aliphatic rings. The Morgan fingerprint density at radius 3 is 2.31 bits per heavy atom. The second-order valence-electron chi connectivity index (χ2n) is 7.47. The molecule has 3 rings (SSSR count). The van der Waals surface area contributed by atoms with E-state index in [1.807, 2.05) is 24.3 Å². The molecule has 1 heterocycles. The Bertz CT molecular complexity index is 1300. The van der Waals surface area contributed by atoms with Crippen molar-refractivity contribution in [2.45, 2.75) is 20.1 Å². The van der Waals surface area contributed by atoms with E-state index < -0.39 is 23.6 Å². The van der Waals surface area contributed by atoms with Gasteiger partial charge in [-0.3, -0.25) is 19.5 Å². The molecule has 10 nitrogen and oxygen atoms in total. The second-order valence-corrected chi connectivity index (χ2v) is 7.47. The van der Waals surface area contributed by atoms with Crippen molar-refractivity contribution in [2.24, 2.45) is 0 Å². The molecule has 2 aromatic carbocycles. The van der Waals surface area contributed by atoms with Crippen LogP contribution in [0.5, 0.6) is 0 Å². The van der Waals surface area contributed by atoms with Gasteiger partial charge in [-0.15, -0.1) is 0 Å². The van der Waals surface area contributed by atoms with Gasteiger partial charge in [0.05, 0.1) is 18.9 Å². The minimum atomic E-state index is -0.822. The van der Waals surface area contributed by atoms with Crippen LogP contribution < -0.4 is 10.9 Å². The molecule has 10 heteroatoms. The summed E-state index contributed by atoms with van der Waals surface area (Å²) in [5, 5.41) is 2.42. The number of benzene rings is 2. The highest BCUT2D eigenvalue weighted by molar-refractivity contribution is 5.89. The smallest absolute Gasteiger partial charge is 0.412 e. The standard InChI is InChI=1S/C26H25N3O7/c1-18(30)35-17-21(25(32)34-2)13-14-29-23(20-11-7-4-8-12-20)27-15-22(24(29)31)28-26(33)36-16-19-9-5-3-6-10-19/h3-13,15H,14,16-17H2,1-2H3,(H,28,33)/b21-13+. The highest BCUT2D eigenvalue weighted by atomic mass is 16.6. The van der Waals surface area contributed by atoms with E-state index in [2.05, 4.69) is 10.3 Å². The molecule has 0 radical (unpaired) electrons. The average molecular weight is 492 g/mol. The number of nitrogens with zero attached hydrogens (tertiary/aromatic N) is 2. The lowest BCUT2D eigenvalue weighted by molar-refractivity contribution is -0.142. The van der Waals surface area contributed by atoms with Crippen molar-refractivity contribution >= 4 is 23.7 Å². The number of carbonyl (C=O) groups is 3. The predicted molar refractivity (Wildman–Crippen MR) is 131 cm³/mol. The first-order chi connectivity index (χ1) is 17.4. The third-order valence-corrected chi connectivity index (χ3v) is 4.93. The van der Waals surface area contributed by atoms with Gasteiger partial charge in [0, 0.05) is 19.0 Å². The van der Waals surface area contributed by atoms with Crippen molar-refractivity contribution in [2.75, 3.05) is 19.0 Å². The van der Waals surface area contributed by atoms with Crippen LogP contribution in [0.25, 0.3) is 11.4 Å². The van der Waals surface area contributed by atoms with E-state index in [1.165, 1.54) is 30.9 Å². The first-order valence-electron chi connectivity index (χ1n) is 10.9. The molecular formula is C26H25N3O7. The maximum absolute atomic E-state index is 13.3. The summed E-state index contributed by atoms with van der Waals surface area (Å²) in [4.78, 5) is 53.3. The minimum absolute atomic E-state index is 0.0256. The zero-order chi connectivity index (χ0) is 25.9. The normalized spacial score (nSPS) is 10.9. The molecule has 186 valence electrons. The maximum Gasteiger partial charge on any atom is 0.412 e. The van der Waals surface area contributed by atoms with E-state index in [-0.39, 0.29) is 31.0 Å². The lowest BCUT2D eigenvalue weighted by Crippen LogP contribution is -2.28. The van der Waals surface area contributed by atoms with Gasteiger partial charge in [0.2, 0.25) is 0 Å². The minimum Gasteiger partial charge on any atom is -0.466 e. The molecule has 3 aromatic rings. The van der Waals surface area contributed by atoms with E-state index in [9.17, 15) is 19.2 Å². The number of ether oxygens (including phenoxy) is 3. The van der Waals surface area contributed by atoms with Crippen LogP contribution in [0.2, 0.25) is 0 Å². The van der Waals surface area contributed by atoms with Gasteiger partial charge in [-0.05, 0) is 5.56 Å². The van der Waals surface area contributed by atoms with Gasteiger partial charge in [0.15, 0.2) is 0 Å². The first kappa shape index (κ1) is 25.9. The van der Waals surface area contributed by atoms with Crippen LogP contribution in [0.3, 0.4) is 0 Å². The van der Waals surface area contributed by atoms with Crippen molar-refractivity contribution in [3.05, 3.63) is 94.4 Å². The summed E-state index contributed by atoms with van der Waals surface area (Å²) in [6.07, 6.45) is 1.83. The number of aromatic nitrogens is 2. The Hall–Kier alpha value is -4.73. The van der Waals surface area contributed by atoms with Gasteiger partial charge >= 0.3 is 18.0 Å². The largest absolute Gasteiger partial charge is 0.466 e. The molecule has 0 saturated carbocycles. The van der Waals surface area contributed by atoms with Crippen LogP contribution in [-0.4, -0.2) is 41.3 Å². The van der Waals surface area contributed by atoms with Crippen LogP contribution >= 0.6 is 0 Å². The zero-order valence-corrected chi connectivity index (χ0v) is 19.8. The van der Waals surface area contributed by atoms with Gasteiger partial charge in [0.1, 0.15) is 24.7 Å². The van der Waals surface area contributed by atoms with Crippen molar-refractivity contribution in [1.29, 1.82) is 0 Å². The fraction of sp³-hybridized carbons (Fsp3) is 0.192. The number of anilines is 1. The van der Waals surface area contributed by atoms with Gasteiger partial charge in [-0.1, -0.05) is 66.7 Å². The summed E-state index contributed by atoms with van der Waals surface area (Å²) in [5.74, 6) is -0.983. The molecule has 0 spiro atoms. The topological polar surface area (TPSA) is 126 Å². The Balaban J connectivity index is 1.90. The summed E-state index contributed by atoms with van der Waals surface area (Å²) in [5.41, 5.74) is 0.783. The number of hydrogen-bond donors (Lipinski definition) is 1. The molecular weight excluding hydrogens is 466 g/mol. The third kappa shape index (κ3) is 7.13. The van der Waals surface area contributed by atoms with Crippen molar-refractivity contribution in [3.8, 4) is 11.4 Å². The van der Waals surface area contributed by atoms with Gasteiger partial charge in [-0.2, -0.15) is 0 Å². The second kappa shape index (κ2) is 12.7. The molecule has 1 aromatic heterocycles. The summed E-state index contributed by atoms with van der Waals surface area (Å²) in [7, 11) is 1.19. The Kier molecular flexibility index (Phi) is 9.10. The fourth-order valence-corrected chi connectivity index (χ4v) is 3.15. The molecule has 0 fully saturated rings. The number of esters is 2. The lowest BCUT2D eigenvalue weighted by atomic mass is 10.2. The molecule has 0 atom stereocenters. The molecule has 1 amide bonds. The fourth-order valence-electron chi connectivity index (χ4n) is 3.15. The third-order valence-electron chi connectivity index (χ3n) is 4.93. The number of methoxy groups -OCH3 is 1. The average Bonchev–Trinajstić information content (AvgIpc) is 2.89. The van der Waals surface area contributed by atoms with E-state index in [0.29, 0.717) is 11.4 Å². The van der Waals surface area contributed by atoms with E-state index in [0.717, 1.165) is 5.56 Å². The van der Waals surface area contributed by atoms with E-state index >= 15 is 0 Å². The van der Waals surface area contributed by atoms with Crippen LogP contribution in [0.4, 0.5) is 10.5 Å². The number of rotatable bonds is 9. The first-order valence-corrected chi connectivity index (χ1v) is 10.9. The Morgan fingerprint density at radius 1 is 1.00 bits per heavy atom. The van der Waals surface area contributed by atoms with Gasteiger partial charge in [0.25, 0.3) is 5.56 Å². The molecule has 36 heavy (non-hydrogen) atoms. The molecule has 0 unspecified atom stereocenters. The monoisotopic (exact) mass is 491 g/mol. The van der Waals surface area contributed by atoms with Crippen LogP contribution in [0.15, 0.2) is 83.3 Å². The number of carbonyl (C=O) groups excluding carboxylic acids is 3. The van der Waals surface area contributed by atoms with Crippen molar-refractivity contribution < 1.29 is 28.6 Å². The van der Waals surface area contributed by atoms with Crippen molar-refractivity contribution in [3.63, 3.8) is 0 Å². The summed E-state index contributed by atoms with van der Waals surface area (Å²) >= 11 is 0. The summed E-state index contributed by atoms with van der Waals surface area (Å²) in [6, 6.07) is 18.0. The lowest BCUT2D eigenvalue weighted by Gasteiger charge is -2.14. The predicted octanol–water partition coefficient (Wildman–Crippen LogP) is 3.32. The number of amides is 1. The highest BCUT2D eigenvalue weighted by Crippen LogP contribution is 2.17. The molecule has 0 aliphatic carbocycles. The Morgan fingerprint density at radius 2 is 1.67 bits per heavy atom. The molecule has 0 bridgehead atoms. The highest BCUT2D eigenvalue weighted by Gasteiger charge is 2.16. The SMILES string of the molecule is COC(=O)/C(=C/Cn1c(-c2ccccc2)ncc(NC(=O)OCc2ccccc2)c1=O)COC(C)=O. The number of allylic oxidation sites excluding steroid dienone is 1. The van der Waals surface area contributed by atoms with Crippen LogP contribution in [0, 0.1) is 0 Å². The van der Waals surface area contributed by atoms with E-state index in [4.69, 9.17) is 14.2 Å². The van der Waals surface area contributed by atoms with Crippen LogP contribution in [0.1, 0.15) is 12.5 Å². The van der Waals surface area contributed by atoms with Crippen LogP contribution in [-0.2, 0) is 37.0 Å². The molecule has 0 saturated heterocycles. The molecule has 0 aliphatic heterocycles. The van der Waals surface area contributed by atoms with Gasteiger partial charge in [-0.25, -0.2) is 14.6 Å². The van der Waals surface area contributed by atoms with E-state index in [1.54, 1.807) is 36.4 Å². The summed E-state index contributed by atoms with van der Waals surface area (Å²) < 4.78 is 16.1. The quantitative estimate of drug-likeness (QED) is 0.274. The number of hydrogen-bond acceptors (Lipinski definition) is 8. The van der Waals surface area contributed by atoms with Gasteiger partial charge < -0.3 is 14.2 Å². The molecule has 1 N–H and O–H groups in total. The zero-order valence-electron chi connectivity index (χ0n) is 19.8. The summed E-state index contributed by atoms with van der Waals surface area (Å²) in [6.45, 7) is 0.797. The Labute approximate surface area is 207 Å².